The summed E-state index contributed by atoms with van der Waals surface area (Å²) in [6.45, 7) is 7.50. The van der Waals surface area contributed by atoms with Crippen molar-refractivity contribution in [1.82, 2.24) is 25.4 Å². The second-order valence-corrected chi connectivity index (χ2v) is 6.66. The van der Waals surface area contributed by atoms with E-state index in [1.54, 1.807) is 6.26 Å². The molecule has 2 aromatic heterocycles. The maximum absolute atomic E-state index is 5.31. The third kappa shape index (κ3) is 5.20. The van der Waals surface area contributed by atoms with Gasteiger partial charge in [-0.15, -0.1) is 24.0 Å². The Morgan fingerprint density at radius 1 is 1.40 bits per heavy atom. The number of rotatable bonds is 4. The van der Waals surface area contributed by atoms with Crippen LogP contribution in [0.3, 0.4) is 0 Å². The summed E-state index contributed by atoms with van der Waals surface area (Å²) in [6, 6.07) is 3.68. The van der Waals surface area contributed by atoms with Gasteiger partial charge in [0.15, 0.2) is 11.7 Å². The fourth-order valence-electron chi connectivity index (χ4n) is 3.38. The van der Waals surface area contributed by atoms with Gasteiger partial charge in [0, 0.05) is 33.1 Å². The molecule has 1 fully saturated rings. The molecule has 25 heavy (non-hydrogen) atoms. The van der Waals surface area contributed by atoms with Gasteiger partial charge in [0.25, 0.3) is 0 Å². The first-order valence-corrected chi connectivity index (χ1v) is 8.56. The van der Waals surface area contributed by atoms with Crippen LogP contribution in [-0.2, 0) is 6.42 Å². The number of likely N-dealkylation sites (tertiary alicyclic amines) is 1. The Hall–Kier alpha value is -1.58. The van der Waals surface area contributed by atoms with Crippen molar-refractivity contribution in [3.8, 4) is 11.6 Å². The Morgan fingerprint density at radius 3 is 2.80 bits per heavy atom. The normalized spacial score (nSPS) is 21.1. The Labute approximate surface area is 165 Å². The van der Waals surface area contributed by atoms with E-state index in [4.69, 9.17) is 4.42 Å². The predicted molar refractivity (Wildman–Crippen MR) is 109 cm³/mol. The molecule has 8 heteroatoms. The van der Waals surface area contributed by atoms with E-state index in [1.807, 2.05) is 19.2 Å². The van der Waals surface area contributed by atoms with Gasteiger partial charge in [-0.05, 0) is 30.4 Å². The summed E-state index contributed by atoms with van der Waals surface area (Å²) in [6.07, 6.45) is 3.67. The fraction of sp³-hybridized carbons (Fsp3) is 0.588. The summed E-state index contributed by atoms with van der Waals surface area (Å²) in [7, 11) is 1.84. The molecule has 0 bridgehead atoms. The maximum atomic E-state index is 5.31. The molecule has 1 aliphatic heterocycles. The van der Waals surface area contributed by atoms with Gasteiger partial charge in [0.05, 0.1) is 6.26 Å². The number of furan rings is 1. The van der Waals surface area contributed by atoms with Gasteiger partial charge in [0.1, 0.15) is 5.82 Å². The molecule has 0 aromatic carbocycles. The Morgan fingerprint density at radius 2 is 2.16 bits per heavy atom. The van der Waals surface area contributed by atoms with E-state index < -0.39 is 0 Å². The molecule has 0 radical (unpaired) electrons. The Bertz CT molecular complexity index is 658. The highest BCUT2D eigenvalue weighted by Gasteiger charge is 2.23. The zero-order valence-corrected chi connectivity index (χ0v) is 17.4. The highest BCUT2D eigenvalue weighted by Crippen LogP contribution is 2.20. The first kappa shape index (κ1) is 19.7. The number of nitrogens with zero attached hydrogens (tertiary/aromatic N) is 4. The van der Waals surface area contributed by atoms with E-state index in [-0.39, 0.29) is 24.0 Å². The molecule has 2 aromatic rings. The monoisotopic (exact) mass is 458 g/mol. The number of aromatic amines is 1. The average molecular weight is 458 g/mol. The van der Waals surface area contributed by atoms with Crippen molar-refractivity contribution in [2.75, 3.05) is 26.7 Å². The van der Waals surface area contributed by atoms with Crippen LogP contribution in [0, 0.1) is 11.8 Å². The largest absolute Gasteiger partial charge is 0.461 e. The zero-order chi connectivity index (χ0) is 16.9. The lowest BCUT2D eigenvalue weighted by molar-refractivity contribution is 0.208. The molecule has 1 aliphatic rings. The Balaban J connectivity index is 0.00000225. The van der Waals surface area contributed by atoms with Crippen LogP contribution < -0.4 is 5.32 Å². The number of hydrogen-bond donors (Lipinski definition) is 2. The van der Waals surface area contributed by atoms with Crippen LogP contribution in [0.5, 0.6) is 0 Å². The Kier molecular flexibility index (Phi) is 7.27. The SMILES string of the molecule is CN=C(NCCc1nc(-c2ccco2)n[nH]1)N1CC(C)CC(C)C1.I. The van der Waals surface area contributed by atoms with Crippen molar-refractivity contribution in [3.05, 3.63) is 24.2 Å². The molecular weight excluding hydrogens is 431 g/mol. The number of aromatic nitrogens is 3. The van der Waals surface area contributed by atoms with Gasteiger partial charge in [0.2, 0.25) is 5.82 Å². The number of H-pyrrole nitrogens is 1. The van der Waals surface area contributed by atoms with Gasteiger partial charge >= 0.3 is 0 Å². The summed E-state index contributed by atoms with van der Waals surface area (Å²) in [5, 5.41) is 10.6. The second kappa shape index (κ2) is 9.21. The van der Waals surface area contributed by atoms with Crippen LogP contribution >= 0.6 is 24.0 Å². The van der Waals surface area contributed by atoms with Crippen molar-refractivity contribution in [2.45, 2.75) is 26.7 Å². The highest BCUT2D eigenvalue weighted by atomic mass is 127. The van der Waals surface area contributed by atoms with Gasteiger partial charge < -0.3 is 14.6 Å². The van der Waals surface area contributed by atoms with E-state index >= 15 is 0 Å². The topological polar surface area (TPSA) is 82.3 Å². The molecule has 2 atom stereocenters. The van der Waals surface area contributed by atoms with Crippen LogP contribution in [0.15, 0.2) is 27.8 Å². The van der Waals surface area contributed by atoms with Crippen molar-refractivity contribution in [1.29, 1.82) is 0 Å². The van der Waals surface area contributed by atoms with E-state index in [0.29, 0.717) is 23.4 Å². The molecule has 0 amide bonds. The molecule has 1 saturated heterocycles. The van der Waals surface area contributed by atoms with Crippen LogP contribution in [0.25, 0.3) is 11.6 Å². The smallest absolute Gasteiger partial charge is 0.216 e. The highest BCUT2D eigenvalue weighted by molar-refractivity contribution is 14.0. The first-order valence-electron chi connectivity index (χ1n) is 8.56. The van der Waals surface area contributed by atoms with E-state index in [2.05, 4.69) is 44.2 Å². The number of nitrogens with one attached hydrogen (secondary N) is 2. The van der Waals surface area contributed by atoms with Crippen LogP contribution in [-0.4, -0.2) is 52.7 Å². The van der Waals surface area contributed by atoms with Gasteiger partial charge in [-0.2, -0.15) is 5.10 Å². The molecule has 3 heterocycles. The molecule has 3 rings (SSSR count). The van der Waals surface area contributed by atoms with Crippen LogP contribution in [0.4, 0.5) is 0 Å². The van der Waals surface area contributed by atoms with Crippen LogP contribution in [0.1, 0.15) is 26.1 Å². The van der Waals surface area contributed by atoms with Crippen LogP contribution in [0.2, 0.25) is 0 Å². The van der Waals surface area contributed by atoms with Crippen molar-refractivity contribution >= 4 is 29.9 Å². The fourth-order valence-corrected chi connectivity index (χ4v) is 3.38. The molecule has 2 unspecified atom stereocenters. The minimum Gasteiger partial charge on any atom is -0.461 e. The first-order chi connectivity index (χ1) is 11.7. The lowest BCUT2D eigenvalue weighted by atomic mass is 9.92. The zero-order valence-electron chi connectivity index (χ0n) is 15.0. The quantitative estimate of drug-likeness (QED) is 0.419. The number of hydrogen-bond acceptors (Lipinski definition) is 4. The molecule has 0 spiro atoms. The van der Waals surface area contributed by atoms with Crippen molar-refractivity contribution < 1.29 is 4.42 Å². The third-order valence-corrected chi connectivity index (χ3v) is 4.30. The average Bonchev–Trinajstić information content (AvgIpc) is 3.21. The number of aliphatic imine (C=N–C) groups is 1. The standard InChI is InChI=1S/C17H26N6O.HI/c1-12-9-13(2)11-23(10-12)17(18-3)19-7-6-15-20-16(22-21-15)14-5-4-8-24-14;/h4-5,8,12-13H,6-7,9-11H2,1-3H3,(H,18,19)(H,20,21,22);1H. The van der Waals surface area contributed by atoms with Gasteiger partial charge in [-0.3, -0.25) is 10.1 Å². The molecule has 0 saturated carbocycles. The second-order valence-electron chi connectivity index (χ2n) is 6.66. The molecule has 138 valence electrons. The molecule has 0 aliphatic carbocycles. The van der Waals surface area contributed by atoms with E-state index in [0.717, 1.165) is 37.8 Å². The lowest BCUT2D eigenvalue weighted by Gasteiger charge is -2.37. The molecule has 7 nitrogen and oxygen atoms in total. The summed E-state index contributed by atoms with van der Waals surface area (Å²) < 4.78 is 5.31. The summed E-state index contributed by atoms with van der Waals surface area (Å²) in [5.74, 6) is 4.49. The van der Waals surface area contributed by atoms with Crippen molar-refractivity contribution in [3.63, 3.8) is 0 Å². The predicted octanol–water partition coefficient (Wildman–Crippen LogP) is 2.78. The van der Waals surface area contributed by atoms with Gasteiger partial charge in [-0.25, -0.2) is 4.98 Å². The number of guanidine groups is 1. The minimum atomic E-state index is 0. The van der Waals surface area contributed by atoms with E-state index in [9.17, 15) is 0 Å². The third-order valence-electron chi connectivity index (χ3n) is 4.30. The lowest BCUT2D eigenvalue weighted by Crippen LogP contribution is -2.48. The summed E-state index contributed by atoms with van der Waals surface area (Å²) in [4.78, 5) is 11.2. The number of halogens is 1. The minimum absolute atomic E-state index is 0. The van der Waals surface area contributed by atoms with Crippen molar-refractivity contribution in [2.24, 2.45) is 16.8 Å². The van der Waals surface area contributed by atoms with Gasteiger partial charge in [-0.1, -0.05) is 13.8 Å². The van der Waals surface area contributed by atoms with E-state index in [1.165, 1.54) is 6.42 Å². The number of piperidine rings is 1. The molecular formula is C17H27IN6O. The maximum Gasteiger partial charge on any atom is 0.216 e. The summed E-state index contributed by atoms with van der Waals surface area (Å²) in [5.41, 5.74) is 0. The summed E-state index contributed by atoms with van der Waals surface area (Å²) >= 11 is 0. The molecule has 2 N–H and O–H groups in total.